The number of fused-ring (bicyclic) bond motifs is 7. The van der Waals surface area contributed by atoms with Crippen molar-refractivity contribution in [2.75, 3.05) is 0 Å². The molecule has 1 heterocycles. The lowest BCUT2D eigenvalue weighted by Crippen LogP contribution is -2.12. The van der Waals surface area contributed by atoms with E-state index in [1.807, 2.05) is 12.1 Å². The van der Waals surface area contributed by atoms with E-state index in [1.165, 1.54) is 16.3 Å². The first kappa shape index (κ1) is 19.0. The van der Waals surface area contributed by atoms with Crippen molar-refractivity contribution >= 4 is 32.3 Å². The van der Waals surface area contributed by atoms with Crippen LogP contribution >= 0.6 is 0 Å². The number of phenolic OH excluding ortho intramolecular Hbond substituents is 2. The van der Waals surface area contributed by atoms with E-state index in [4.69, 9.17) is 4.74 Å². The van der Waals surface area contributed by atoms with Crippen molar-refractivity contribution < 1.29 is 14.9 Å². The molecule has 7 rings (SSSR count). The Bertz CT molecular complexity index is 1680. The van der Waals surface area contributed by atoms with Gasteiger partial charge in [0.05, 0.1) is 0 Å². The second kappa shape index (κ2) is 7.00. The largest absolute Gasteiger partial charge is 0.508 e. The van der Waals surface area contributed by atoms with Crippen molar-refractivity contribution in [1.82, 2.24) is 0 Å². The number of aromatic hydroxyl groups is 2. The van der Waals surface area contributed by atoms with Crippen LogP contribution in [0.5, 0.6) is 23.0 Å². The van der Waals surface area contributed by atoms with E-state index in [1.54, 1.807) is 24.3 Å². The Morgan fingerprint density at radius 1 is 0.500 bits per heavy atom. The summed E-state index contributed by atoms with van der Waals surface area (Å²) >= 11 is 0. The summed E-state index contributed by atoms with van der Waals surface area (Å²) in [5.74, 6) is 1.84. The van der Waals surface area contributed by atoms with E-state index in [9.17, 15) is 10.2 Å². The van der Waals surface area contributed by atoms with Gasteiger partial charge in [-0.2, -0.15) is 0 Å². The monoisotopic (exact) mass is 440 g/mol. The van der Waals surface area contributed by atoms with E-state index in [2.05, 4.69) is 66.7 Å². The van der Waals surface area contributed by atoms with Crippen LogP contribution in [0.1, 0.15) is 22.6 Å². The molecule has 34 heavy (non-hydrogen) atoms. The molecule has 6 aromatic carbocycles. The third-order valence-electron chi connectivity index (χ3n) is 6.91. The summed E-state index contributed by atoms with van der Waals surface area (Å²) in [6.07, 6.45) is 0. The molecular weight excluding hydrogens is 420 g/mol. The third-order valence-corrected chi connectivity index (χ3v) is 6.91. The lowest BCUT2D eigenvalue weighted by Gasteiger charge is -2.31. The lowest BCUT2D eigenvalue weighted by atomic mass is 9.80. The van der Waals surface area contributed by atoms with Gasteiger partial charge < -0.3 is 14.9 Å². The van der Waals surface area contributed by atoms with Gasteiger partial charge in [-0.3, -0.25) is 0 Å². The molecule has 0 spiro atoms. The summed E-state index contributed by atoms with van der Waals surface area (Å²) in [5, 5.41) is 26.6. The molecular formula is C31H20O3. The summed E-state index contributed by atoms with van der Waals surface area (Å²) in [5.41, 5.74) is 3.28. The van der Waals surface area contributed by atoms with Crippen molar-refractivity contribution in [2.45, 2.75) is 5.92 Å². The van der Waals surface area contributed by atoms with Crippen molar-refractivity contribution in [2.24, 2.45) is 0 Å². The molecule has 0 bridgehead atoms. The average Bonchev–Trinajstić information content (AvgIpc) is 2.87. The molecule has 6 aromatic rings. The number of phenols is 2. The summed E-state index contributed by atoms with van der Waals surface area (Å²) in [7, 11) is 0. The van der Waals surface area contributed by atoms with Crippen LogP contribution in [0.4, 0.5) is 0 Å². The van der Waals surface area contributed by atoms with Crippen LogP contribution in [0.2, 0.25) is 0 Å². The van der Waals surface area contributed by atoms with Crippen LogP contribution in [-0.4, -0.2) is 10.2 Å². The molecule has 0 aromatic heterocycles. The van der Waals surface area contributed by atoms with E-state index < -0.39 is 0 Å². The zero-order valence-electron chi connectivity index (χ0n) is 18.2. The van der Waals surface area contributed by atoms with Crippen molar-refractivity contribution in [3.05, 3.63) is 120 Å². The van der Waals surface area contributed by atoms with Crippen LogP contribution in [0.25, 0.3) is 32.3 Å². The smallest absolute Gasteiger partial charge is 0.139 e. The number of ether oxygens (including phenoxy) is 1. The lowest BCUT2D eigenvalue weighted by molar-refractivity contribution is 0.460. The van der Waals surface area contributed by atoms with Crippen LogP contribution in [0, 0.1) is 0 Å². The maximum atomic E-state index is 10.2. The molecule has 0 saturated heterocycles. The minimum atomic E-state index is -0.0538. The first-order chi connectivity index (χ1) is 16.7. The molecule has 0 aliphatic carbocycles. The standard InChI is InChI=1S/C31H20O3/c32-23-11-7-19-9-13-25-29(22-6-5-18-3-1-2-4-21(18)15-22)26-14-10-20-8-12-24(33)17-28(20)31(26)34-30(25)27(19)16-23/h1-17,29,32-33H. The van der Waals surface area contributed by atoms with Crippen LogP contribution in [0.15, 0.2) is 103 Å². The molecule has 3 nitrogen and oxygen atoms in total. The van der Waals surface area contributed by atoms with Gasteiger partial charge in [-0.25, -0.2) is 0 Å². The van der Waals surface area contributed by atoms with Gasteiger partial charge >= 0.3 is 0 Å². The molecule has 1 aliphatic heterocycles. The number of hydrogen-bond acceptors (Lipinski definition) is 3. The third kappa shape index (κ3) is 2.77. The van der Waals surface area contributed by atoms with E-state index >= 15 is 0 Å². The topological polar surface area (TPSA) is 49.7 Å². The summed E-state index contributed by atoms with van der Waals surface area (Å²) < 4.78 is 6.63. The molecule has 1 aliphatic rings. The van der Waals surface area contributed by atoms with Crippen LogP contribution < -0.4 is 4.74 Å². The maximum absolute atomic E-state index is 10.2. The first-order valence-corrected chi connectivity index (χ1v) is 11.3. The molecule has 0 fully saturated rings. The number of rotatable bonds is 1. The van der Waals surface area contributed by atoms with Crippen LogP contribution in [0.3, 0.4) is 0 Å². The zero-order valence-corrected chi connectivity index (χ0v) is 18.2. The van der Waals surface area contributed by atoms with Gasteiger partial charge in [0.25, 0.3) is 0 Å². The van der Waals surface area contributed by atoms with Crippen LogP contribution in [-0.2, 0) is 0 Å². The molecule has 0 atom stereocenters. The highest BCUT2D eigenvalue weighted by molar-refractivity contribution is 5.96. The molecule has 3 heteroatoms. The Kier molecular flexibility index (Phi) is 3.91. The summed E-state index contributed by atoms with van der Waals surface area (Å²) in [4.78, 5) is 0. The average molecular weight is 440 g/mol. The Morgan fingerprint density at radius 3 is 1.65 bits per heavy atom. The fraction of sp³-hybridized carbons (Fsp3) is 0.0323. The normalized spacial score (nSPS) is 13.1. The molecule has 162 valence electrons. The van der Waals surface area contributed by atoms with E-state index in [0.29, 0.717) is 0 Å². The molecule has 2 N–H and O–H groups in total. The number of benzene rings is 6. The molecule has 0 unspecified atom stereocenters. The summed E-state index contributed by atoms with van der Waals surface area (Å²) in [6.45, 7) is 0. The molecule has 0 amide bonds. The Labute approximate surface area is 196 Å². The molecule has 0 radical (unpaired) electrons. The highest BCUT2D eigenvalue weighted by Crippen LogP contribution is 2.52. The predicted molar refractivity (Wildman–Crippen MR) is 136 cm³/mol. The Hall–Kier alpha value is -4.50. The highest BCUT2D eigenvalue weighted by Gasteiger charge is 2.31. The second-order valence-corrected chi connectivity index (χ2v) is 8.92. The Morgan fingerprint density at radius 2 is 1.03 bits per heavy atom. The van der Waals surface area contributed by atoms with Gasteiger partial charge in [-0.05, 0) is 51.4 Å². The van der Waals surface area contributed by atoms with Gasteiger partial charge in [0.15, 0.2) is 0 Å². The highest BCUT2D eigenvalue weighted by atomic mass is 16.5. The maximum Gasteiger partial charge on any atom is 0.139 e. The second-order valence-electron chi connectivity index (χ2n) is 8.92. The fourth-order valence-corrected chi connectivity index (χ4v) is 5.29. The van der Waals surface area contributed by atoms with Gasteiger partial charge in [-0.15, -0.1) is 0 Å². The van der Waals surface area contributed by atoms with E-state index in [0.717, 1.165) is 44.2 Å². The fourth-order valence-electron chi connectivity index (χ4n) is 5.29. The minimum absolute atomic E-state index is 0.0538. The molecule has 0 saturated carbocycles. The van der Waals surface area contributed by atoms with Crippen molar-refractivity contribution in [1.29, 1.82) is 0 Å². The number of hydrogen-bond donors (Lipinski definition) is 2. The Balaban J connectivity index is 1.58. The summed E-state index contributed by atoms with van der Waals surface area (Å²) in [6, 6.07) is 34.1. The predicted octanol–water partition coefficient (Wildman–Crippen LogP) is 7.84. The van der Waals surface area contributed by atoms with Gasteiger partial charge in [0, 0.05) is 27.8 Å². The van der Waals surface area contributed by atoms with Gasteiger partial charge in [0.1, 0.15) is 23.0 Å². The van der Waals surface area contributed by atoms with Crippen molar-refractivity contribution in [3.8, 4) is 23.0 Å². The minimum Gasteiger partial charge on any atom is -0.508 e. The quantitative estimate of drug-likeness (QED) is 0.273. The SMILES string of the molecule is Oc1ccc2ccc3c(c2c1)Oc1c(ccc2ccc(O)cc12)C3c1ccc2ccccc2c1. The van der Waals surface area contributed by atoms with Gasteiger partial charge in [0.2, 0.25) is 0 Å². The van der Waals surface area contributed by atoms with Gasteiger partial charge in [-0.1, -0.05) is 78.9 Å². The van der Waals surface area contributed by atoms with E-state index in [-0.39, 0.29) is 17.4 Å². The van der Waals surface area contributed by atoms with Crippen molar-refractivity contribution in [3.63, 3.8) is 0 Å². The first-order valence-electron chi connectivity index (χ1n) is 11.3. The zero-order chi connectivity index (χ0) is 22.8.